The van der Waals surface area contributed by atoms with Gasteiger partial charge >= 0.3 is 0 Å². The highest BCUT2D eigenvalue weighted by molar-refractivity contribution is 14.1. The van der Waals surface area contributed by atoms with Gasteiger partial charge in [0.2, 0.25) is 0 Å². The van der Waals surface area contributed by atoms with Crippen LogP contribution in [0.1, 0.15) is 26.2 Å². The van der Waals surface area contributed by atoms with Gasteiger partial charge in [0, 0.05) is 22.7 Å². The molecule has 0 aromatic heterocycles. The molecule has 0 bridgehead atoms. The average molecular weight is 342 g/mol. The molecule has 3 heteroatoms. The van der Waals surface area contributed by atoms with Crippen LogP contribution < -0.4 is 10.2 Å². The van der Waals surface area contributed by atoms with Gasteiger partial charge in [-0.1, -0.05) is 13.3 Å². The standard InChI is InChI=1S/C14H19IN2/c1-2-10-5-6-17-12(7-10)9-16-13-8-11(15)3-4-14(13)17/h3-4,8,10,12,16H,2,5-7,9H2,1H3. The number of anilines is 2. The first-order valence-electron chi connectivity index (χ1n) is 6.58. The molecular formula is C14H19IN2. The Balaban J connectivity index is 1.87. The van der Waals surface area contributed by atoms with Gasteiger partial charge in [0.25, 0.3) is 0 Å². The lowest BCUT2D eigenvalue weighted by Crippen LogP contribution is -2.49. The van der Waals surface area contributed by atoms with Crippen LogP contribution in [0.3, 0.4) is 0 Å². The fourth-order valence-electron chi connectivity index (χ4n) is 3.14. The minimum absolute atomic E-state index is 0.710. The molecule has 1 saturated heterocycles. The predicted molar refractivity (Wildman–Crippen MR) is 81.8 cm³/mol. The molecule has 2 aliphatic heterocycles. The van der Waals surface area contributed by atoms with Crippen LogP contribution in [0.15, 0.2) is 18.2 Å². The highest BCUT2D eigenvalue weighted by Crippen LogP contribution is 2.38. The van der Waals surface area contributed by atoms with Crippen LogP contribution in [0.4, 0.5) is 11.4 Å². The van der Waals surface area contributed by atoms with Crippen LogP contribution in [0, 0.1) is 9.49 Å². The lowest BCUT2D eigenvalue weighted by atomic mass is 9.87. The topological polar surface area (TPSA) is 15.3 Å². The Morgan fingerprint density at radius 2 is 2.35 bits per heavy atom. The third-order valence-corrected chi connectivity index (χ3v) is 4.87. The van der Waals surface area contributed by atoms with E-state index in [0.29, 0.717) is 6.04 Å². The number of piperidine rings is 1. The minimum Gasteiger partial charge on any atom is -0.381 e. The molecule has 17 heavy (non-hydrogen) atoms. The zero-order valence-electron chi connectivity index (χ0n) is 10.2. The monoisotopic (exact) mass is 342 g/mol. The molecule has 2 unspecified atom stereocenters. The normalized spacial score (nSPS) is 27.1. The van der Waals surface area contributed by atoms with Gasteiger partial charge < -0.3 is 10.2 Å². The minimum atomic E-state index is 0.710. The van der Waals surface area contributed by atoms with Gasteiger partial charge in [0.1, 0.15) is 0 Å². The largest absolute Gasteiger partial charge is 0.381 e. The number of fused-ring (bicyclic) bond motifs is 3. The van der Waals surface area contributed by atoms with E-state index in [4.69, 9.17) is 0 Å². The van der Waals surface area contributed by atoms with E-state index in [2.05, 4.69) is 57.9 Å². The van der Waals surface area contributed by atoms with Crippen molar-refractivity contribution >= 4 is 34.0 Å². The highest BCUT2D eigenvalue weighted by Gasteiger charge is 2.31. The van der Waals surface area contributed by atoms with Crippen LogP contribution in [0.2, 0.25) is 0 Å². The Hall–Kier alpha value is -0.450. The first kappa shape index (κ1) is 11.6. The van der Waals surface area contributed by atoms with Crippen LogP contribution in [-0.4, -0.2) is 19.1 Å². The van der Waals surface area contributed by atoms with Gasteiger partial charge in [-0.25, -0.2) is 0 Å². The van der Waals surface area contributed by atoms with Gasteiger partial charge in [-0.05, 0) is 59.5 Å². The van der Waals surface area contributed by atoms with Gasteiger partial charge in [0.05, 0.1) is 11.4 Å². The Bertz CT molecular complexity index is 419. The highest BCUT2D eigenvalue weighted by atomic mass is 127. The Labute approximate surface area is 117 Å². The molecule has 92 valence electrons. The van der Waals surface area contributed by atoms with Crippen LogP contribution in [0.25, 0.3) is 0 Å². The zero-order valence-corrected chi connectivity index (χ0v) is 12.4. The maximum Gasteiger partial charge on any atom is 0.0605 e. The molecule has 0 spiro atoms. The average Bonchev–Trinajstić information content (AvgIpc) is 2.37. The quantitative estimate of drug-likeness (QED) is 0.783. The van der Waals surface area contributed by atoms with Gasteiger partial charge in [-0.15, -0.1) is 0 Å². The number of hydrogen-bond acceptors (Lipinski definition) is 2. The van der Waals surface area contributed by atoms with Crippen molar-refractivity contribution in [2.75, 3.05) is 23.3 Å². The molecule has 2 atom stereocenters. The molecule has 3 rings (SSSR count). The molecule has 2 nitrogen and oxygen atoms in total. The van der Waals surface area contributed by atoms with Crippen LogP contribution in [0.5, 0.6) is 0 Å². The Morgan fingerprint density at radius 1 is 1.47 bits per heavy atom. The van der Waals surface area contributed by atoms with E-state index >= 15 is 0 Å². The van der Waals surface area contributed by atoms with Gasteiger partial charge in [0.15, 0.2) is 0 Å². The third-order valence-electron chi connectivity index (χ3n) is 4.20. The second kappa shape index (κ2) is 4.67. The number of rotatable bonds is 1. The molecule has 0 amide bonds. The van der Waals surface area contributed by atoms with E-state index in [-0.39, 0.29) is 0 Å². The van der Waals surface area contributed by atoms with E-state index in [1.54, 1.807) is 0 Å². The number of nitrogens with zero attached hydrogens (tertiary/aromatic N) is 1. The summed E-state index contributed by atoms with van der Waals surface area (Å²) in [7, 11) is 0. The van der Waals surface area contributed by atoms with Crippen molar-refractivity contribution in [1.29, 1.82) is 0 Å². The van der Waals surface area contributed by atoms with Crippen molar-refractivity contribution in [2.45, 2.75) is 32.2 Å². The number of hydrogen-bond donors (Lipinski definition) is 1. The van der Waals surface area contributed by atoms with Gasteiger partial charge in [-0.2, -0.15) is 0 Å². The van der Waals surface area contributed by atoms with Gasteiger partial charge in [-0.3, -0.25) is 0 Å². The second-order valence-corrected chi connectivity index (χ2v) is 6.43. The molecule has 2 aliphatic rings. The van der Waals surface area contributed by atoms with E-state index in [1.807, 2.05) is 0 Å². The van der Waals surface area contributed by atoms with Crippen LogP contribution in [-0.2, 0) is 0 Å². The van der Waals surface area contributed by atoms with E-state index in [9.17, 15) is 0 Å². The molecule has 0 radical (unpaired) electrons. The summed E-state index contributed by atoms with van der Waals surface area (Å²) in [4.78, 5) is 2.62. The molecule has 0 aliphatic carbocycles. The fraction of sp³-hybridized carbons (Fsp3) is 0.571. The summed E-state index contributed by atoms with van der Waals surface area (Å²) in [5, 5.41) is 3.60. The molecule has 1 N–H and O–H groups in total. The molecule has 0 saturated carbocycles. The lowest BCUT2D eigenvalue weighted by Gasteiger charge is -2.45. The predicted octanol–water partition coefficient (Wildman–Crippen LogP) is 3.71. The van der Waals surface area contributed by atoms with Crippen molar-refractivity contribution < 1.29 is 0 Å². The van der Waals surface area contributed by atoms with E-state index in [0.717, 1.165) is 12.5 Å². The first-order valence-corrected chi connectivity index (χ1v) is 7.66. The SMILES string of the molecule is CCC1CCN2c3ccc(I)cc3NCC2C1. The number of halogens is 1. The zero-order chi connectivity index (χ0) is 11.8. The fourth-order valence-corrected chi connectivity index (χ4v) is 3.63. The molecule has 1 aromatic rings. The summed E-state index contributed by atoms with van der Waals surface area (Å²) < 4.78 is 1.32. The summed E-state index contributed by atoms with van der Waals surface area (Å²) in [5.41, 5.74) is 2.74. The number of benzene rings is 1. The summed E-state index contributed by atoms with van der Waals surface area (Å²) in [6, 6.07) is 7.47. The maximum absolute atomic E-state index is 3.60. The van der Waals surface area contributed by atoms with Crippen LogP contribution >= 0.6 is 22.6 Å². The summed E-state index contributed by atoms with van der Waals surface area (Å²) in [6.07, 6.45) is 4.05. The number of nitrogens with one attached hydrogen (secondary N) is 1. The van der Waals surface area contributed by atoms with Crippen molar-refractivity contribution in [2.24, 2.45) is 5.92 Å². The second-order valence-electron chi connectivity index (χ2n) is 5.19. The van der Waals surface area contributed by atoms with E-state index in [1.165, 1.54) is 40.8 Å². The first-order chi connectivity index (χ1) is 8.28. The Morgan fingerprint density at radius 3 is 3.18 bits per heavy atom. The molecular weight excluding hydrogens is 323 g/mol. The Kier molecular flexibility index (Phi) is 3.19. The molecule has 1 aromatic carbocycles. The summed E-state index contributed by atoms with van der Waals surface area (Å²) in [6.45, 7) is 4.68. The smallest absolute Gasteiger partial charge is 0.0605 e. The lowest BCUT2D eigenvalue weighted by molar-refractivity contribution is 0.336. The summed E-state index contributed by atoms with van der Waals surface area (Å²) in [5.74, 6) is 0.934. The van der Waals surface area contributed by atoms with Crippen molar-refractivity contribution in [3.8, 4) is 0 Å². The summed E-state index contributed by atoms with van der Waals surface area (Å²) >= 11 is 2.38. The molecule has 2 heterocycles. The maximum atomic E-state index is 3.60. The van der Waals surface area contributed by atoms with Crippen molar-refractivity contribution in [3.05, 3.63) is 21.8 Å². The third kappa shape index (κ3) is 2.14. The van der Waals surface area contributed by atoms with E-state index < -0.39 is 0 Å². The van der Waals surface area contributed by atoms with Crippen molar-refractivity contribution in [3.63, 3.8) is 0 Å². The molecule has 1 fully saturated rings. The van der Waals surface area contributed by atoms with Crippen molar-refractivity contribution in [1.82, 2.24) is 0 Å².